The van der Waals surface area contributed by atoms with Crippen molar-refractivity contribution in [2.45, 2.75) is 51.4 Å². The Hall–Kier alpha value is -1.93. The van der Waals surface area contributed by atoms with Gasteiger partial charge in [0, 0.05) is 25.5 Å². The average molecular weight is 352 g/mol. The molecule has 1 N–H and O–H groups in total. The number of nitrogens with one attached hydrogen (secondary N) is 1. The molecule has 0 aromatic carbocycles. The van der Waals surface area contributed by atoms with E-state index in [9.17, 15) is 14.4 Å². The molecule has 0 bridgehead atoms. The summed E-state index contributed by atoms with van der Waals surface area (Å²) in [6.45, 7) is 3.34. The molecule has 2 saturated heterocycles. The standard InChI is InChI=1S/C17H24N2O6/c1-2-17(6-9-23-10-7-17)15(21)24-11-12-3-4-14(25-12)19-8-5-13(20)18-16(19)22/h5,8,12,14H,2-4,6-7,9-11H2,1H3,(H,18,20,22). The minimum atomic E-state index is -0.498. The first-order chi connectivity index (χ1) is 12.0. The highest BCUT2D eigenvalue weighted by molar-refractivity contribution is 5.77. The first-order valence-electron chi connectivity index (χ1n) is 8.76. The van der Waals surface area contributed by atoms with E-state index in [2.05, 4.69) is 4.98 Å². The fraction of sp³-hybridized carbons (Fsp3) is 0.706. The van der Waals surface area contributed by atoms with E-state index in [1.54, 1.807) is 0 Å². The molecule has 8 heteroatoms. The maximum Gasteiger partial charge on any atom is 0.330 e. The molecule has 0 amide bonds. The summed E-state index contributed by atoms with van der Waals surface area (Å²) in [5.74, 6) is -0.188. The highest BCUT2D eigenvalue weighted by Gasteiger charge is 2.40. The van der Waals surface area contributed by atoms with Crippen LogP contribution in [0.2, 0.25) is 0 Å². The van der Waals surface area contributed by atoms with Crippen LogP contribution >= 0.6 is 0 Å². The van der Waals surface area contributed by atoms with Gasteiger partial charge in [-0.15, -0.1) is 0 Å². The second-order valence-corrected chi connectivity index (χ2v) is 6.65. The van der Waals surface area contributed by atoms with Crippen molar-refractivity contribution in [1.82, 2.24) is 9.55 Å². The van der Waals surface area contributed by atoms with Gasteiger partial charge in [-0.2, -0.15) is 0 Å². The molecule has 0 aliphatic carbocycles. The van der Waals surface area contributed by atoms with Crippen LogP contribution in [0, 0.1) is 5.41 Å². The van der Waals surface area contributed by atoms with Gasteiger partial charge in [0.25, 0.3) is 5.56 Å². The molecule has 3 rings (SSSR count). The smallest absolute Gasteiger partial charge is 0.330 e. The molecule has 0 spiro atoms. The third-order valence-corrected chi connectivity index (χ3v) is 5.21. The Labute approximate surface area is 145 Å². The zero-order valence-corrected chi connectivity index (χ0v) is 14.4. The Bertz CT molecular complexity index is 718. The first-order valence-corrected chi connectivity index (χ1v) is 8.76. The lowest BCUT2D eigenvalue weighted by molar-refractivity contribution is -0.166. The largest absolute Gasteiger partial charge is 0.462 e. The molecule has 2 fully saturated rings. The molecule has 2 atom stereocenters. The van der Waals surface area contributed by atoms with Gasteiger partial charge < -0.3 is 14.2 Å². The summed E-state index contributed by atoms with van der Waals surface area (Å²) >= 11 is 0. The van der Waals surface area contributed by atoms with Crippen LogP contribution in [0.25, 0.3) is 0 Å². The van der Waals surface area contributed by atoms with Crippen molar-refractivity contribution in [2.75, 3.05) is 19.8 Å². The molecule has 138 valence electrons. The van der Waals surface area contributed by atoms with E-state index >= 15 is 0 Å². The third-order valence-electron chi connectivity index (χ3n) is 5.21. The van der Waals surface area contributed by atoms with E-state index in [1.807, 2.05) is 6.92 Å². The molecule has 0 radical (unpaired) electrons. The molecular formula is C17H24N2O6. The lowest BCUT2D eigenvalue weighted by Gasteiger charge is -2.34. The van der Waals surface area contributed by atoms with Gasteiger partial charge in [0.15, 0.2) is 0 Å². The summed E-state index contributed by atoms with van der Waals surface area (Å²) in [6, 6.07) is 1.29. The Morgan fingerprint density at radius 1 is 1.36 bits per heavy atom. The lowest BCUT2D eigenvalue weighted by atomic mass is 9.78. The zero-order valence-electron chi connectivity index (χ0n) is 14.4. The summed E-state index contributed by atoms with van der Waals surface area (Å²) in [7, 11) is 0. The molecule has 1 aromatic rings. The number of nitrogens with zero attached hydrogens (tertiary/aromatic N) is 1. The quantitative estimate of drug-likeness (QED) is 0.793. The van der Waals surface area contributed by atoms with Crippen molar-refractivity contribution in [3.05, 3.63) is 33.1 Å². The van der Waals surface area contributed by atoms with Crippen molar-refractivity contribution in [3.63, 3.8) is 0 Å². The number of aromatic amines is 1. The molecule has 3 heterocycles. The SMILES string of the molecule is CCC1(C(=O)OCC2CCC(n3ccc(=O)[nH]c3=O)O2)CCOCC1. The van der Waals surface area contributed by atoms with E-state index in [0.717, 1.165) is 6.42 Å². The molecule has 2 aliphatic heterocycles. The highest BCUT2D eigenvalue weighted by atomic mass is 16.6. The number of rotatable bonds is 5. The third kappa shape index (κ3) is 3.85. The number of aromatic nitrogens is 2. The second-order valence-electron chi connectivity index (χ2n) is 6.65. The number of carbonyl (C=O) groups is 1. The van der Waals surface area contributed by atoms with Crippen LogP contribution in [-0.4, -0.2) is 41.4 Å². The number of carbonyl (C=O) groups excluding carboxylic acids is 1. The minimum Gasteiger partial charge on any atom is -0.462 e. The van der Waals surface area contributed by atoms with Gasteiger partial charge in [0.2, 0.25) is 0 Å². The Morgan fingerprint density at radius 2 is 2.12 bits per heavy atom. The van der Waals surface area contributed by atoms with E-state index in [0.29, 0.717) is 38.9 Å². The predicted molar refractivity (Wildman–Crippen MR) is 88.2 cm³/mol. The van der Waals surface area contributed by atoms with E-state index in [1.165, 1.54) is 16.8 Å². The van der Waals surface area contributed by atoms with Crippen molar-refractivity contribution in [2.24, 2.45) is 5.41 Å². The molecular weight excluding hydrogens is 328 g/mol. The number of esters is 1. The minimum absolute atomic E-state index is 0.177. The van der Waals surface area contributed by atoms with Crippen molar-refractivity contribution >= 4 is 5.97 Å². The summed E-state index contributed by atoms with van der Waals surface area (Å²) in [4.78, 5) is 37.7. The van der Waals surface area contributed by atoms with E-state index in [4.69, 9.17) is 14.2 Å². The van der Waals surface area contributed by atoms with Crippen LogP contribution in [0.1, 0.15) is 45.3 Å². The molecule has 8 nitrogen and oxygen atoms in total. The van der Waals surface area contributed by atoms with Crippen molar-refractivity contribution < 1.29 is 19.0 Å². The van der Waals surface area contributed by atoms with Crippen LogP contribution < -0.4 is 11.2 Å². The maximum absolute atomic E-state index is 12.5. The number of hydrogen-bond acceptors (Lipinski definition) is 6. The maximum atomic E-state index is 12.5. The number of H-pyrrole nitrogens is 1. The summed E-state index contributed by atoms with van der Waals surface area (Å²) in [5.41, 5.74) is -1.39. The van der Waals surface area contributed by atoms with Gasteiger partial charge in [-0.3, -0.25) is 19.1 Å². The lowest BCUT2D eigenvalue weighted by Crippen LogP contribution is -2.39. The van der Waals surface area contributed by atoms with Crippen LogP contribution in [0.4, 0.5) is 0 Å². The Morgan fingerprint density at radius 3 is 2.80 bits per heavy atom. The Kier molecular flexibility index (Phi) is 5.39. The molecule has 1 aromatic heterocycles. The fourth-order valence-corrected chi connectivity index (χ4v) is 3.45. The van der Waals surface area contributed by atoms with Gasteiger partial charge in [-0.1, -0.05) is 6.92 Å². The number of hydrogen-bond donors (Lipinski definition) is 1. The molecule has 0 saturated carbocycles. The van der Waals surface area contributed by atoms with Crippen molar-refractivity contribution in [3.8, 4) is 0 Å². The normalized spacial score (nSPS) is 25.6. The van der Waals surface area contributed by atoms with Gasteiger partial charge in [0.05, 0.1) is 11.5 Å². The average Bonchev–Trinajstić information content (AvgIpc) is 3.09. The molecule has 2 unspecified atom stereocenters. The van der Waals surface area contributed by atoms with Gasteiger partial charge in [-0.25, -0.2) is 4.79 Å². The summed E-state index contributed by atoms with van der Waals surface area (Å²) in [5, 5.41) is 0. The van der Waals surface area contributed by atoms with E-state index in [-0.39, 0.29) is 18.7 Å². The fourth-order valence-electron chi connectivity index (χ4n) is 3.45. The van der Waals surface area contributed by atoms with Gasteiger partial charge >= 0.3 is 11.7 Å². The zero-order chi connectivity index (χ0) is 17.9. The molecule has 25 heavy (non-hydrogen) atoms. The monoisotopic (exact) mass is 352 g/mol. The van der Waals surface area contributed by atoms with Crippen LogP contribution in [0.3, 0.4) is 0 Å². The number of ether oxygens (including phenoxy) is 3. The topological polar surface area (TPSA) is 99.6 Å². The van der Waals surface area contributed by atoms with Gasteiger partial charge in [-0.05, 0) is 32.1 Å². The molecule has 2 aliphatic rings. The first kappa shape index (κ1) is 17.9. The predicted octanol–water partition coefficient (Wildman–Crippen LogP) is 0.964. The van der Waals surface area contributed by atoms with Crippen molar-refractivity contribution in [1.29, 1.82) is 0 Å². The summed E-state index contributed by atoms with van der Waals surface area (Å²) < 4.78 is 18.0. The second kappa shape index (κ2) is 7.53. The Balaban J connectivity index is 1.55. The summed E-state index contributed by atoms with van der Waals surface area (Å²) in [6.07, 6.45) is 4.14. The van der Waals surface area contributed by atoms with Gasteiger partial charge in [0.1, 0.15) is 12.8 Å². The highest BCUT2D eigenvalue weighted by Crippen LogP contribution is 2.36. The van der Waals surface area contributed by atoms with Crippen LogP contribution in [0.5, 0.6) is 0 Å². The van der Waals surface area contributed by atoms with E-state index < -0.39 is 22.9 Å². The van der Waals surface area contributed by atoms with Crippen LogP contribution in [0.15, 0.2) is 21.9 Å². The van der Waals surface area contributed by atoms with Crippen LogP contribution in [-0.2, 0) is 19.0 Å².